The lowest BCUT2D eigenvalue weighted by Crippen LogP contribution is -2.03. The van der Waals surface area contributed by atoms with Crippen molar-refractivity contribution in [3.05, 3.63) is 66.2 Å². The number of carbonyl (C=O) groups excluding carboxylic acids is 1. The number of nitrogen functional groups attached to an aromatic ring is 1. The van der Waals surface area contributed by atoms with Crippen LogP contribution in [0.1, 0.15) is 5.56 Å². The summed E-state index contributed by atoms with van der Waals surface area (Å²) in [6.45, 7) is 0. The Morgan fingerprint density at radius 2 is 1.67 bits per heavy atom. The highest BCUT2D eigenvalue weighted by Gasteiger charge is 1.99. The fraction of sp³-hybridized carbons (Fsp3) is 0. The number of nitrogens with two attached hydrogens (primary N) is 1. The minimum atomic E-state index is -0.413. The summed E-state index contributed by atoms with van der Waals surface area (Å²) in [6.07, 6.45) is 3.10. The first-order chi connectivity index (χ1) is 8.74. The lowest BCUT2D eigenvalue weighted by atomic mass is 10.2. The van der Waals surface area contributed by atoms with Crippen LogP contribution in [0.15, 0.2) is 60.7 Å². The highest BCUT2D eigenvalue weighted by molar-refractivity contribution is 5.88. The monoisotopic (exact) mass is 239 g/mol. The molecule has 0 fully saturated rings. The molecule has 0 unspecified atom stereocenters. The Bertz CT molecular complexity index is 544. The Morgan fingerprint density at radius 3 is 2.33 bits per heavy atom. The van der Waals surface area contributed by atoms with Crippen LogP contribution in [-0.2, 0) is 4.79 Å². The molecule has 0 aliphatic carbocycles. The van der Waals surface area contributed by atoms with Crippen LogP contribution in [0.5, 0.6) is 5.75 Å². The van der Waals surface area contributed by atoms with Gasteiger partial charge >= 0.3 is 5.97 Å². The van der Waals surface area contributed by atoms with Crippen molar-refractivity contribution >= 4 is 17.7 Å². The first-order valence-corrected chi connectivity index (χ1v) is 5.54. The van der Waals surface area contributed by atoms with E-state index in [-0.39, 0.29) is 0 Å². The van der Waals surface area contributed by atoms with Crippen LogP contribution in [-0.4, -0.2) is 5.97 Å². The zero-order chi connectivity index (χ0) is 12.8. The minimum absolute atomic E-state index is 0.413. The van der Waals surface area contributed by atoms with Gasteiger partial charge in [-0.15, -0.1) is 0 Å². The van der Waals surface area contributed by atoms with E-state index in [1.807, 2.05) is 30.3 Å². The summed E-state index contributed by atoms with van der Waals surface area (Å²) in [4.78, 5) is 11.5. The largest absolute Gasteiger partial charge is 0.423 e. The summed E-state index contributed by atoms with van der Waals surface area (Å²) in [5.41, 5.74) is 7.12. The number of anilines is 1. The number of hydrogen-bond acceptors (Lipinski definition) is 3. The predicted molar refractivity (Wildman–Crippen MR) is 72.0 cm³/mol. The fourth-order valence-electron chi connectivity index (χ4n) is 1.41. The number of rotatable bonds is 3. The quantitative estimate of drug-likeness (QED) is 0.388. The maximum atomic E-state index is 11.5. The Hall–Kier alpha value is -2.55. The number of ether oxygens (including phenoxy) is 1. The molecule has 2 rings (SSSR count). The second-order valence-corrected chi connectivity index (χ2v) is 3.73. The molecule has 0 spiro atoms. The molecule has 0 aliphatic rings. The summed E-state index contributed by atoms with van der Waals surface area (Å²) in [7, 11) is 0. The van der Waals surface area contributed by atoms with Crippen molar-refractivity contribution in [1.29, 1.82) is 0 Å². The lowest BCUT2D eigenvalue weighted by molar-refractivity contribution is -0.128. The number of esters is 1. The van der Waals surface area contributed by atoms with E-state index in [2.05, 4.69) is 0 Å². The number of benzene rings is 2. The van der Waals surface area contributed by atoms with Crippen molar-refractivity contribution in [2.75, 3.05) is 5.73 Å². The van der Waals surface area contributed by atoms with Gasteiger partial charge in [0.05, 0.1) is 0 Å². The molecule has 18 heavy (non-hydrogen) atoms. The molecule has 2 aromatic carbocycles. The van der Waals surface area contributed by atoms with E-state index in [9.17, 15) is 4.79 Å². The second-order valence-electron chi connectivity index (χ2n) is 3.73. The van der Waals surface area contributed by atoms with E-state index in [0.29, 0.717) is 11.4 Å². The van der Waals surface area contributed by atoms with Crippen molar-refractivity contribution in [3.63, 3.8) is 0 Å². The third kappa shape index (κ3) is 3.49. The molecule has 90 valence electrons. The molecule has 3 nitrogen and oxygen atoms in total. The topological polar surface area (TPSA) is 52.3 Å². The molecule has 0 bridgehead atoms. The third-order valence-corrected chi connectivity index (χ3v) is 2.31. The fourth-order valence-corrected chi connectivity index (χ4v) is 1.41. The highest BCUT2D eigenvalue weighted by atomic mass is 16.5. The van der Waals surface area contributed by atoms with Gasteiger partial charge in [-0.1, -0.05) is 30.3 Å². The molecule has 0 radical (unpaired) electrons. The van der Waals surface area contributed by atoms with Crippen LogP contribution in [0.3, 0.4) is 0 Å². The van der Waals surface area contributed by atoms with Crippen LogP contribution < -0.4 is 10.5 Å². The summed E-state index contributed by atoms with van der Waals surface area (Å²) < 4.78 is 5.11. The van der Waals surface area contributed by atoms with Crippen molar-refractivity contribution in [1.82, 2.24) is 0 Å². The van der Waals surface area contributed by atoms with Crippen molar-refractivity contribution < 1.29 is 9.53 Å². The van der Waals surface area contributed by atoms with Crippen molar-refractivity contribution in [2.24, 2.45) is 0 Å². The van der Waals surface area contributed by atoms with Gasteiger partial charge in [-0.25, -0.2) is 4.79 Å². The van der Waals surface area contributed by atoms with Gasteiger partial charge in [-0.3, -0.25) is 0 Å². The maximum Gasteiger partial charge on any atom is 0.336 e. The second kappa shape index (κ2) is 5.68. The molecule has 2 aromatic rings. The van der Waals surface area contributed by atoms with Crippen molar-refractivity contribution in [2.45, 2.75) is 0 Å². The van der Waals surface area contributed by atoms with Gasteiger partial charge in [-0.2, -0.15) is 0 Å². The van der Waals surface area contributed by atoms with Gasteiger partial charge in [0.2, 0.25) is 0 Å². The Kier molecular flexibility index (Phi) is 3.76. The van der Waals surface area contributed by atoms with Gasteiger partial charge in [0.1, 0.15) is 5.75 Å². The Labute approximate surface area is 106 Å². The smallest absolute Gasteiger partial charge is 0.336 e. The molecule has 0 heterocycles. The highest BCUT2D eigenvalue weighted by Crippen LogP contribution is 2.13. The number of carbonyl (C=O) groups is 1. The van der Waals surface area contributed by atoms with Crippen LogP contribution in [0.25, 0.3) is 6.08 Å². The average Bonchev–Trinajstić information content (AvgIpc) is 2.40. The molecule has 3 heteroatoms. The van der Waals surface area contributed by atoms with E-state index in [0.717, 1.165) is 5.56 Å². The summed E-state index contributed by atoms with van der Waals surface area (Å²) in [5, 5.41) is 0. The molecular formula is C15H13NO2. The molecule has 0 amide bonds. The maximum absolute atomic E-state index is 11.5. The Balaban J connectivity index is 1.97. The van der Waals surface area contributed by atoms with Crippen LogP contribution >= 0.6 is 0 Å². The first kappa shape index (κ1) is 11.9. The summed E-state index contributed by atoms with van der Waals surface area (Å²) >= 11 is 0. The predicted octanol–water partition coefficient (Wildman–Crippen LogP) is 2.89. The molecule has 0 aromatic heterocycles. The SMILES string of the molecule is Nc1ccc(OC(=O)C=Cc2ccccc2)cc1. The minimum Gasteiger partial charge on any atom is -0.423 e. The normalized spacial score (nSPS) is 10.4. The molecule has 2 N–H and O–H groups in total. The van der Waals surface area contributed by atoms with E-state index in [1.165, 1.54) is 6.08 Å². The summed E-state index contributed by atoms with van der Waals surface area (Å²) in [6, 6.07) is 16.2. The standard InChI is InChI=1S/C15H13NO2/c16-13-7-9-14(10-8-13)18-15(17)11-6-12-4-2-1-3-5-12/h1-11H,16H2. The zero-order valence-corrected chi connectivity index (χ0v) is 9.74. The molecule has 0 saturated heterocycles. The van der Waals surface area contributed by atoms with Crippen LogP contribution in [0, 0.1) is 0 Å². The van der Waals surface area contributed by atoms with Gasteiger partial charge in [0.15, 0.2) is 0 Å². The van der Waals surface area contributed by atoms with Crippen LogP contribution in [0.4, 0.5) is 5.69 Å². The van der Waals surface area contributed by atoms with E-state index >= 15 is 0 Å². The van der Waals surface area contributed by atoms with Gasteiger partial charge in [0.25, 0.3) is 0 Å². The van der Waals surface area contributed by atoms with E-state index in [4.69, 9.17) is 10.5 Å². The molecule has 0 aliphatic heterocycles. The van der Waals surface area contributed by atoms with E-state index in [1.54, 1.807) is 30.3 Å². The average molecular weight is 239 g/mol. The van der Waals surface area contributed by atoms with Gasteiger partial charge in [-0.05, 0) is 35.9 Å². The summed E-state index contributed by atoms with van der Waals surface area (Å²) in [5.74, 6) is 0.0653. The molecule has 0 atom stereocenters. The van der Waals surface area contributed by atoms with Gasteiger partial charge in [0, 0.05) is 11.8 Å². The van der Waals surface area contributed by atoms with Crippen LogP contribution in [0.2, 0.25) is 0 Å². The van der Waals surface area contributed by atoms with Crippen molar-refractivity contribution in [3.8, 4) is 5.75 Å². The van der Waals surface area contributed by atoms with Gasteiger partial charge < -0.3 is 10.5 Å². The lowest BCUT2D eigenvalue weighted by Gasteiger charge is -2.01. The zero-order valence-electron chi connectivity index (χ0n) is 9.74. The van der Waals surface area contributed by atoms with E-state index < -0.39 is 5.97 Å². The molecular weight excluding hydrogens is 226 g/mol. The third-order valence-electron chi connectivity index (χ3n) is 2.31. The Morgan fingerprint density at radius 1 is 1.00 bits per heavy atom. The first-order valence-electron chi connectivity index (χ1n) is 5.54. The number of hydrogen-bond donors (Lipinski definition) is 1. The molecule has 0 saturated carbocycles.